The molecular formula is C18H27N5O3. The van der Waals surface area contributed by atoms with E-state index in [4.69, 9.17) is 0 Å². The predicted molar refractivity (Wildman–Crippen MR) is 96.9 cm³/mol. The van der Waals surface area contributed by atoms with Crippen LogP contribution in [-0.2, 0) is 4.79 Å². The van der Waals surface area contributed by atoms with Gasteiger partial charge in [0.25, 0.3) is 5.91 Å². The standard InChI is InChI=1S/C18H27N5O3/c1-13-14(11-19-17(20-13)21(2)3)15(25)23-8-6-18(12-23)5-4-7-22(9-10-24)16(18)26/h11,24H,4-10,12H2,1-3H3/t18-/m1/s1. The fourth-order valence-electron chi connectivity index (χ4n) is 3.96. The highest BCUT2D eigenvalue weighted by molar-refractivity contribution is 5.96. The first kappa shape index (κ1) is 18.6. The molecular weight excluding hydrogens is 334 g/mol. The Hall–Kier alpha value is -2.22. The molecule has 0 unspecified atom stereocenters. The van der Waals surface area contributed by atoms with Crippen LogP contribution in [0.25, 0.3) is 0 Å². The van der Waals surface area contributed by atoms with Crippen molar-refractivity contribution >= 4 is 17.8 Å². The molecule has 0 aliphatic carbocycles. The van der Waals surface area contributed by atoms with Gasteiger partial charge in [-0.05, 0) is 26.2 Å². The lowest BCUT2D eigenvalue weighted by Gasteiger charge is -2.39. The highest BCUT2D eigenvalue weighted by Crippen LogP contribution is 2.40. The minimum absolute atomic E-state index is 0.0285. The maximum atomic E-state index is 13.0. The zero-order chi connectivity index (χ0) is 18.9. The Kier molecular flexibility index (Phi) is 5.13. The SMILES string of the molecule is Cc1nc(N(C)C)ncc1C(=O)N1CC[C@]2(CCCN(CCO)C2=O)C1. The fourth-order valence-corrected chi connectivity index (χ4v) is 3.96. The normalized spacial score (nSPS) is 23.0. The van der Waals surface area contributed by atoms with Crippen molar-refractivity contribution < 1.29 is 14.7 Å². The van der Waals surface area contributed by atoms with Crippen LogP contribution in [0, 0.1) is 12.3 Å². The summed E-state index contributed by atoms with van der Waals surface area (Å²) in [5.41, 5.74) is 0.635. The number of anilines is 1. The van der Waals surface area contributed by atoms with Gasteiger partial charge in [0.05, 0.1) is 23.3 Å². The number of hydrogen-bond donors (Lipinski definition) is 1. The van der Waals surface area contributed by atoms with Crippen molar-refractivity contribution in [2.45, 2.75) is 26.2 Å². The van der Waals surface area contributed by atoms with Crippen molar-refractivity contribution in [2.24, 2.45) is 5.41 Å². The quantitative estimate of drug-likeness (QED) is 0.830. The smallest absolute Gasteiger partial charge is 0.257 e. The van der Waals surface area contributed by atoms with E-state index in [1.807, 2.05) is 21.0 Å². The van der Waals surface area contributed by atoms with E-state index in [-0.39, 0.29) is 18.4 Å². The lowest BCUT2D eigenvalue weighted by molar-refractivity contribution is -0.146. The average molecular weight is 361 g/mol. The van der Waals surface area contributed by atoms with Crippen LogP contribution in [0.15, 0.2) is 6.20 Å². The Balaban J connectivity index is 1.76. The van der Waals surface area contributed by atoms with Crippen LogP contribution >= 0.6 is 0 Å². The number of aryl methyl sites for hydroxylation is 1. The molecule has 3 rings (SSSR count). The molecule has 1 aromatic rings. The number of aromatic nitrogens is 2. The first-order valence-electron chi connectivity index (χ1n) is 9.08. The molecule has 1 N–H and O–H groups in total. The molecule has 1 aromatic heterocycles. The van der Waals surface area contributed by atoms with Gasteiger partial charge in [0.2, 0.25) is 11.9 Å². The van der Waals surface area contributed by atoms with E-state index in [0.29, 0.717) is 49.8 Å². The average Bonchev–Trinajstić information content (AvgIpc) is 3.04. The number of likely N-dealkylation sites (tertiary alicyclic amines) is 2. The summed E-state index contributed by atoms with van der Waals surface area (Å²) in [6.07, 6.45) is 3.96. The Morgan fingerprint density at radius 3 is 2.77 bits per heavy atom. The molecule has 3 heterocycles. The van der Waals surface area contributed by atoms with Crippen LogP contribution in [-0.4, -0.2) is 83.6 Å². The van der Waals surface area contributed by atoms with Gasteiger partial charge >= 0.3 is 0 Å². The van der Waals surface area contributed by atoms with Gasteiger partial charge in [-0.3, -0.25) is 9.59 Å². The predicted octanol–water partition coefficient (Wildman–Crippen LogP) is 0.298. The van der Waals surface area contributed by atoms with Crippen molar-refractivity contribution in [2.75, 3.05) is 51.8 Å². The molecule has 26 heavy (non-hydrogen) atoms. The first-order valence-corrected chi connectivity index (χ1v) is 9.08. The number of rotatable bonds is 4. The number of aliphatic hydroxyl groups excluding tert-OH is 1. The zero-order valence-electron chi connectivity index (χ0n) is 15.7. The van der Waals surface area contributed by atoms with E-state index < -0.39 is 5.41 Å². The monoisotopic (exact) mass is 361 g/mol. The van der Waals surface area contributed by atoms with E-state index >= 15 is 0 Å². The lowest BCUT2D eigenvalue weighted by Crippen LogP contribution is -2.51. The summed E-state index contributed by atoms with van der Waals surface area (Å²) >= 11 is 0. The molecule has 0 aromatic carbocycles. The van der Waals surface area contributed by atoms with Crippen LogP contribution in [0.2, 0.25) is 0 Å². The van der Waals surface area contributed by atoms with E-state index in [9.17, 15) is 14.7 Å². The fraction of sp³-hybridized carbons (Fsp3) is 0.667. The third kappa shape index (κ3) is 3.25. The van der Waals surface area contributed by atoms with Crippen molar-refractivity contribution in [3.63, 3.8) is 0 Å². The molecule has 2 aliphatic heterocycles. The van der Waals surface area contributed by atoms with Crippen LogP contribution in [0.1, 0.15) is 35.3 Å². The van der Waals surface area contributed by atoms with Crippen LogP contribution in [0.5, 0.6) is 0 Å². The van der Waals surface area contributed by atoms with Gasteiger partial charge in [-0.25, -0.2) is 9.97 Å². The van der Waals surface area contributed by atoms with Gasteiger partial charge in [-0.1, -0.05) is 0 Å². The van der Waals surface area contributed by atoms with Crippen LogP contribution < -0.4 is 4.90 Å². The first-order chi connectivity index (χ1) is 12.4. The molecule has 2 amide bonds. The Bertz CT molecular complexity index is 706. The van der Waals surface area contributed by atoms with Gasteiger partial charge in [-0.2, -0.15) is 0 Å². The minimum atomic E-state index is -0.499. The van der Waals surface area contributed by atoms with Crippen molar-refractivity contribution in [3.8, 4) is 0 Å². The van der Waals surface area contributed by atoms with E-state index in [2.05, 4.69) is 9.97 Å². The molecule has 2 saturated heterocycles. The number of β-amino-alcohol motifs (C(OH)–C–C–N with tert-alkyl or cyclic N) is 1. The third-order valence-electron chi connectivity index (χ3n) is 5.43. The highest BCUT2D eigenvalue weighted by Gasteiger charge is 2.49. The van der Waals surface area contributed by atoms with Crippen LogP contribution in [0.4, 0.5) is 5.95 Å². The number of nitrogens with zero attached hydrogens (tertiary/aromatic N) is 5. The van der Waals surface area contributed by atoms with Crippen molar-refractivity contribution in [3.05, 3.63) is 17.5 Å². The third-order valence-corrected chi connectivity index (χ3v) is 5.43. The second kappa shape index (κ2) is 7.19. The number of amides is 2. The van der Waals surface area contributed by atoms with Gasteiger partial charge in [0, 0.05) is 46.5 Å². The van der Waals surface area contributed by atoms with Gasteiger partial charge < -0.3 is 19.8 Å². The van der Waals surface area contributed by atoms with E-state index in [1.165, 1.54) is 0 Å². The van der Waals surface area contributed by atoms with Crippen molar-refractivity contribution in [1.29, 1.82) is 0 Å². The maximum absolute atomic E-state index is 13.0. The summed E-state index contributed by atoms with van der Waals surface area (Å²) in [5, 5.41) is 9.17. The summed E-state index contributed by atoms with van der Waals surface area (Å²) in [4.78, 5) is 39.7. The van der Waals surface area contributed by atoms with Crippen molar-refractivity contribution in [1.82, 2.24) is 19.8 Å². The van der Waals surface area contributed by atoms with Gasteiger partial charge in [0.15, 0.2) is 0 Å². The molecule has 1 spiro atoms. The minimum Gasteiger partial charge on any atom is -0.395 e. The summed E-state index contributed by atoms with van der Waals surface area (Å²) < 4.78 is 0. The second-order valence-electron chi connectivity index (χ2n) is 7.44. The highest BCUT2D eigenvalue weighted by atomic mass is 16.3. The summed E-state index contributed by atoms with van der Waals surface area (Å²) in [6.45, 7) is 3.83. The molecule has 2 aliphatic rings. The molecule has 8 nitrogen and oxygen atoms in total. The van der Waals surface area contributed by atoms with E-state index in [0.717, 1.165) is 12.8 Å². The topological polar surface area (TPSA) is 89.9 Å². The Labute approximate surface area is 153 Å². The number of aliphatic hydroxyl groups is 1. The van der Waals surface area contributed by atoms with Gasteiger partial charge in [-0.15, -0.1) is 0 Å². The Morgan fingerprint density at radius 1 is 1.35 bits per heavy atom. The second-order valence-corrected chi connectivity index (χ2v) is 7.44. The number of carbonyl (C=O) groups excluding carboxylic acids is 2. The maximum Gasteiger partial charge on any atom is 0.257 e. The Morgan fingerprint density at radius 2 is 2.12 bits per heavy atom. The molecule has 142 valence electrons. The number of carbonyl (C=O) groups is 2. The van der Waals surface area contributed by atoms with E-state index in [1.54, 1.807) is 20.9 Å². The number of hydrogen-bond acceptors (Lipinski definition) is 6. The molecule has 2 fully saturated rings. The lowest BCUT2D eigenvalue weighted by atomic mass is 9.78. The number of piperidine rings is 1. The summed E-state index contributed by atoms with van der Waals surface area (Å²) in [6, 6.07) is 0. The van der Waals surface area contributed by atoms with Gasteiger partial charge in [0.1, 0.15) is 0 Å². The molecule has 0 radical (unpaired) electrons. The molecule has 0 saturated carbocycles. The molecule has 0 bridgehead atoms. The molecule has 1 atom stereocenters. The largest absolute Gasteiger partial charge is 0.395 e. The zero-order valence-corrected chi connectivity index (χ0v) is 15.7. The summed E-state index contributed by atoms with van der Waals surface area (Å²) in [7, 11) is 3.71. The molecule has 8 heteroatoms. The summed E-state index contributed by atoms with van der Waals surface area (Å²) in [5.74, 6) is 0.528. The van der Waals surface area contributed by atoms with Crippen LogP contribution in [0.3, 0.4) is 0 Å².